The minimum Gasteiger partial charge on any atom is -0.462 e. The molecule has 4 unspecified atom stereocenters. The molecule has 54 heavy (non-hydrogen) atoms. The van der Waals surface area contributed by atoms with Crippen LogP contribution in [0.4, 0.5) is 0 Å². The lowest BCUT2D eigenvalue weighted by Crippen LogP contribution is -2.46. The lowest BCUT2D eigenvalue weighted by Gasteiger charge is -2.29. The molecule has 4 saturated heterocycles. The van der Waals surface area contributed by atoms with Crippen LogP contribution in [-0.2, 0) is 38.1 Å². The molecule has 4 fully saturated rings. The van der Waals surface area contributed by atoms with Gasteiger partial charge in [0.05, 0.1) is 26.4 Å². The SMILES string of the molecule is CC1(C)CC(COC(=O)C(C(=O)OCC2CC(C)(C)NC2(C)C)=C(C(=O)OCC2CC(C)(C)NC2(C)C)C(=O)OCC2CC(C)(C)NC2(C)C)C(C)(C)N1. The molecule has 4 heterocycles. The minimum absolute atomic E-state index is 0.0434. The third-order valence-electron chi connectivity index (χ3n) is 12.5. The van der Waals surface area contributed by atoms with E-state index < -0.39 is 35.0 Å². The Hall–Kier alpha value is -2.54. The summed E-state index contributed by atoms with van der Waals surface area (Å²) < 4.78 is 23.4. The molecule has 4 aliphatic rings. The van der Waals surface area contributed by atoms with Crippen molar-refractivity contribution in [2.45, 2.75) is 181 Å². The third-order valence-corrected chi connectivity index (χ3v) is 12.5. The predicted molar refractivity (Wildman–Crippen MR) is 208 cm³/mol. The Morgan fingerprint density at radius 1 is 0.370 bits per heavy atom. The first-order chi connectivity index (χ1) is 24.3. The van der Waals surface area contributed by atoms with Gasteiger partial charge in [0.1, 0.15) is 0 Å². The van der Waals surface area contributed by atoms with E-state index in [4.69, 9.17) is 18.9 Å². The summed E-state index contributed by atoms with van der Waals surface area (Å²) >= 11 is 0. The molecule has 0 aromatic rings. The topological polar surface area (TPSA) is 153 Å². The fourth-order valence-electron chi connectivity index (χ4n) is 10.2. The van der Waals surface area contributed by atoms with Crippen LogP contribution in [0.15, 0.2) is 11.1 Å². The van der Waals surface area contributed by atoms with Crippen LogP contribution in [-0.4, -0.2) is 94.6 Å². The molecule has 4 N–H and O–H groups in total. The summed E-state index contributed by atoms with van der Waals surface area (Å²) in [5.74, 6) is -4.92. The zero-order valence-corrected chi connectivity index (χ0v) is 36.2. The van der Waals surface area contributed by atoms with E-state index in [1.165, 1.54) is 0 Å². The van der Waals surface area contributed by atoms with Crippen molar-refractivity contribution in [1.29, 1.82) is 0 Å². The van der Waals surface area contributed by atoms with Crippen LogP contribution >= 0.6 is 0 Å². The zero-order valence-electron chi connectivity index (χ0n) is 36.2. The summed E-state index contributed by atoms with van der Waals surface area (Å²) in [5.41, 5.74) is -3.95. The number of carbonyl (C=O) groups is 4. The molecular weight excluding hydrogens is 688 g/mol. The van der Waals surface area contributed by atoms with E-state index in [2.05, 4.69) is 76.7 Å². The Kier molecular flexibility index (Phi) is 12.1. The molecule has 0 amide bonds. The van der Waals surface area contributed by atoms with Crippen LogP contribution < -0.4 is 21.3 Å². The van der Waals surface area contributed by atoms with Crippen molar-refractivity contribution in [3.63, 3.8) is 0 Å². The van der Waals surface area contributed by atoms with E-state index in [-0.39, 0.29) is 94.4 Å². The first-order valence-electron chi connectivity index (χ1n) is 19.9. The van der Waals surface area contributed by atoms with Crippen LogP contribution in [0.3, 0.4) is 0 Å². The molecule has 0 aromatic heterocycles. The molecule has 0 spiro atoms. The molecule has 12 nitrogen and oxygen atoms in total. The van der Waals surface area contributed by atoms with Crippen LogP contribution in [0.1, 0.15) is 136 Å². The average molecular weight is 761 g/mol. The number of nitrogens with one attached hydrogen (secondary N) is 4. The van der Waals surface area contributed by atoms with E-state index in [9.17, 15) is 19.2 Å². The highest BCUT2D eigenvalue weighted by Gasteiger charge is 2.49. The third kappa shape index (κ3) is 10.4. The minimum atomic E-state index is -1.12. The van der Waals surface area contributed by atoms with Gasteiger partial charge in [-0.05, 0) is 136 Å². The summed E-state index contributed by atoms with van der Waals surface area (Å²) in [4.78, 5) is 57.0. The second-order valence-corrected chi connectivity index (χ2v) is 21.7. The quantitative estimate of drug-likeness (QED) is 0.0687. The predicted octanol–water partition coefficient (Wildman–Crippen LogP) is 5.12. The number of carbonyl (C=O) groups excluding carboxylic acids is 4. The van der Waals surface area contributed by atoms with E-state index >= 15 is 0 Å². The van der Waals surface area contributed by atoms with E-state index in [1.807, 2.05) is 55.4 Å². The van der Waals surface area contributed by atoms with Gasteiger partial charge < -0.3 is 40.2 Å². The highest BCUT2D eigenvalue weighted by atomic mass is 16.6. The van der Waals surface area contributed by atoms with E-state index in [0.717, 1.165) is 0 Å². The maximum Gasteiger partial charge on any atom is 0.346 e. The van der Waals surface area contributed by atoms with Gasteiger partial charge in [-0.1, -0.05) is 0 Å². The Morgan fingerprint density at radius 2 is 0.537 bits per heavy atom. The zero-order chi connectivity index (χ0) is 41.1. The second-order valence-electron chi connectivity index (χ2n) is 21.7. The fourth-order valence-corrected chi connectivity index (χ4v) is 10.2. The molecule has 308 valence electrons. The van der Waals surface area contributed by atoms with Crippen molar-refractivity contribution in [2.24, 2.45) is 23.7 Å². The number of hydrogen-bond donors (Lipinski definition) is 4. The molecule has 0 saturated carbocycles. The normalized spacial score (nSPS) is 30.3. The molecular formula is C42H72N4O8. The maximum absolute atomic E-state index is 14.2. The van der Waals surface area contributed by atoms with Gasteiger partial charge in [0, 0.05) is 68.0 Å². The van der Waals surface area contributed by atoms with Crippen molar-refractivity contribution < 1.29 is 38.1 Å². The lowest BCUT2D eigenvalue weighted by molar-refractivity contribution is -0.155. The molecule has 12 heteroatoms. The largest absolute Gasteiger partial charge is 0.462 e. The molecule has 4 rings (SSSR count). The van der Waals surface area contributed by atoms with Crippen LogP contribution in [0.2, 0.25) is 0 Å². The van der Waals surface area contributed by atoms with E-state index in [0.29, 0.717) is 25.7 Å². The summed E-state index contributed by atoms with van der Waals surface area (Å²) in [5, 5.41) is 14.3. The number of rotatable bonds is 12. The van der Waals surface area contributed by atoms with Crippen molar-refractivity contribution in [2.75, 3.05) is 26.4 Å². The molecule has 0 aromatic carbocycles. The standard InChI is InChI=1S/C42H72N4O8/c1-35(2)17-25(39(9,10)43-35)21-51-31(47)29(32(48)52-22-26-18-36(3,4)44-40(26,11)12)30(33(49)53-23-27-19-37(5,6)45-41(27,13)14)34(50)54-24-28-20-38(7,8)46-42(28,15)16/h25-28,43-46H,17-24H2,1-16H3. The Labute approximate surface area is 324 Å². The first-order valence-corrected chi connectivity index (χ1v) is 19.9. The van der Waals surface area contributed by atoms with Gasteiger partial charge in [0.25, 0.3) is 0 Å². The van der Waals surface area contributed by atoms with Crippen molar-refractivity contribution in [3.05, 3.63) is 11.1 Å². The molecule has 4 atom stereocenters. The van der Waals surface area contributed by atoms with Crippen LogP contribution in [0.25, 0.3) is 0 Å². The summed E-state index contributed by atoms with van der Waals surface area (Å²) in [6, 6.07) is 0. The van der Waals surface area contributed by atoms with Gasteiger partial charge in [0.15, 0.2) is 11.1 Å². The highest BCUT2D eigenvalue weighted by molar-refractivity contribution is 6.28. The summed E-state index contributed by atoms with van der Waals surface area (Å²) in [6.07, 6.45) is 2.82. The van der Waals surface area contributed by atoms with Gasteiger partial charge in [-0.15, -0.1) is 0 Å². The first kappa shape index (κ1) is 44.2. The van der Waals surface area contributed by atoms with Crippen molar-refractivity contribution in [3.8, 4) is 0 Å². The Bertz CT molecular complexity index is 1290. The molecule has 0 aliphatic carbocycles. The van der Waals surface area contributed by atoms with Crippen LogP contribution in [0.5, 0.6) is 0 Å². The molecule has 0 bridgehead atoms. The summed E-state index contributed by atoms with van der Waals surface area (Å²) in [7, 11) is 0. The maximum atomic E-state index is 14.2. The lowest BCUT2D eigenvalue weighted by atomic mass is 9.87. The Balaban J connectivity index is 1.71. The van der Waals surface area contributed by atoms with Gasteiger partial charge in [0.2, 0.25) is 0 Å². The van der Waals surface area contributed by atoms with Gasteiger partial charge in [-0.3, -0.25) is 0 Å². The van der Waals surface area contributed by atoms with Crippen molar-refractivity contribution >= 4 is 23.9 Å². The fraction of sp³-hybridized carbons (Fsp3) is 0.857. The second kappa shape index (κ2) is 14.8. The van der Waals surface area contributed by atoms with Crippen LogP contribution in [0, 0.1) is 23.7 Å². The number of esters is 4. The Morgan fingerprint density at radius 3 is 0.667 bits per heavy atom. The van der Waals surface area contributed by atoms with Gasteiger partial charge >= 0.3 is 23.9 Å². The number of ether oxygens (including phenoxy) is 4. The van der Waals surface area contributed by atoms with Gasteiger partial charge in [-0.25, -0.2) is 19.2 Å². The average Bonchev–Trinajstić information content (AvgIpc) is 3.51. The summed E-state index contributed by atoms with van der Waals surface area (Å²) in [6.45, 7) is 32.7. The van der Waals surface area contributed by atoms with E-state index in [1.54, 1.807) is 0 Å². The smallest absolute Gasteiger partial charge is 0.346 e. The highest BCUT2D eigenvalue weighted by Crippen LogP contribution is 2.39. The monoisotopic (exact) mass is 761 g/mol. The van der Waals surface area contributed by atoms with Gasteiger partial charge in [-0.2, -0.15) is 0 Å². The van der Waals surface area contributed by atoms with Crippen molar-refractivity contribution in [1.82, 2.24) is 21.3 Å². The number of hydrogen-bond acceptors (Lipinski definition) is 12. The molecule has 4 aliphatic heterocycles. The molecule has 0 radical (unpaired) electrons.